The van der Waals surface area contributed by atoms with E-state index >= 15 is 0 Å². The van der Waals surface area contributed by atoms with Gasteiger partial charge in [-0.05, 0) is 55.6 Å². The Bertz CT molecular complexity index is 1420. The number of fused-ring (bicyclic) bond motifs is 3. The molecule has 1 unspecified atom stereocenters. The molecule has 4 fully saturated rings. The quantitative estimate of drug-likeness (QED) is 0.363. The number of carbonyl (C=O) groups is 3. The number of nitrogens with zero attached hydrogens (tertiary/aromatic N) is 2. The van der Waals surface area contributed by atoms with Crippen LogP contribution in [0, 0.1) is 5.92 Å². The van der Waals surface area contributed by atoms with Crippen molar-refractivity contribution in [2.45, 2.75) is 41.4 Å². The monoisotopic (exact) mass is 645 g/mol. The second-order valence-electron chi connectivity index (χ2n) is 10.1. The number of hydrogen-bond acceptors (Lipinski definition) is 9. The average Bonchev–Trinajstić information content (AvgIpc) is 3.49. The first-order chi connectivity index (χ1) is 20.3. The number of carboxylic acids is 2. The molecule has 4 aliphatic heterocycles. The van der Waals surface area contributed by atoms with Gasteiger partial charge in [-0.15, -0.1) is 11.8 Å². The largest absolute Gasteiger partial charge is 0.490 e. The Morgan fingerprint density at radius 2 is 1.65 bits per heavy atom. The smallest absolute Gasteiger partial charge is 0.479 e. The van der Waals surface area contributed by atoms with Gasteiger partial charge >= 0.3 is 24.1 Å². The Kier molecular flexibility index (Phi) is 10.2. The lowest BCUT2D eigenvalue weighted by atomic mass is 9.86. The van der Waals surface area contributed by atoms with E-state index in [-0.39, 0.29) is 17.5 Å². The number of esters is 1. The van der Waals surface area contributed by atoms with E-state index in [9.17, 15) is 36.3 Å². The third kappa shape index (κ3) is 7.99. The SMILES string of the molecule is O=C(O)C(F)(F)F.O=C(O[C@H]1CN2CCC1CC2)C(Nc1cccc(S(=O)(=O)N2CCS[C@H]2C(=O)O)c1)c1ccccc1. The van der Waals surface area contributed by atoms with E-state index in [0.29, 0.717) is 22.9 Å². The summed E-state index contributed by atoms with van der Waals surface area (Å²) in [6.07, 6.45) is -3.19. The van der Waals surface area contributed by atoms with Crippen molar-refractivity contribution in [3.05, 3.63) is 60.2 Å². The fourth-order valence-electron chi connectivity index (χ4n) is 5.13. The number of nitrogens with one attached hydrogen (secondary N) is 1. The summed E-state index contributed by atoms with van der Waals surface area (Å²) in [5.41, 5.74) is 1.13. The zero-order valence-electron chi connectivity index (χ0n) is 22.6. The predicted octanol–water partition coefficient (Wildman–Crippen LogP) is 3.26. The predicted molar refractivity (Wildman–Crippen MR) is 150 cm³/mol. The maximum Gasteiger partial charge on any atom is 0.490 e. The van der Waals surface area contributed by atoms with Crippen LogP contribution in [0.25, 0.3) is 0 Å². The molecule has 0 radical (unpaired) electrons. The van der Waals surface area contributed by atoms with Gasteiger partial charge in [0.25, 0.3) is 0 Å². The first-order valence-electron chi connectivity index (χ1n) is 13.3. The van der Waals surface area contributed by atoms with Crippen LogP contribution < -0.4 is 5.32 Å². The molecule has 6 rings (SSSR count). The topological polar surface area (TPSA) is 154 Å². The standard InChI is InChI=1S/C25H29N3O6S2.C2HF3O2/c29-24(30)23-28(13-14-35-23)36(32,33)20-8-4-7-19(15-20)26-22(18-5-2-1-3-6-18)25(31)34-21-16-27-11-9-17(21)10-12-27;3-2(4,5)1(6)7/h1-8,15,17,21-23,26H,9-14,16H2,(H,29,30);(H,6,7)/t21-,22?,23-;/m0./s1. The van der Waals surface area contributed by atoms with Crippen molar-refractivity contribution in [3.63, 3.8) is 0 Å². The van der Waals surface area contributed by atoms with Crippen molar-refractivity contribution < 1.29 is 50.9 Å². The Balaban J connectivity index is 0.000000541. The normalized spacial score (nSPS) is 24.3. The molecule has 234 valence electrons. The number of anilines is 1. The van der Waals surface area contributed by atoms with E-state index < -0.39 is 45.5 Å². The zero-order chi connectivity index (χ0) is 31.4. The van der Waals surface area contributed by atoms with E-state index in [0.717, 1.165) is 48.5 Å². The highest BCUT2D eigenvalue weighted by molar-refractivity contribution is 8.02. The molecule has 16 heteroatoms. The molecule has 0 amide bonds. The third-order valence-electron chi connectivity index (χ3n) is 7.29. The summed E-state index contributed by atoms with van der Waals surface area (Å²) >= 11 is 1.08. The van der Waals surface area contributed by atoms with Crippen molar-refractivity contribution in [2.75, 3.05) is 37.2 Å². The molecule has 4 saturated heterocycles. The first kappa shape index (κ1) is 32.6. The van der Waals surface area contributed by atoms with Gasteiger partial charge in [0.1, 0.15) is 6.10 Å². The molecule has 2 aromatic rings. The summed E-state index contributed by atoms with van der Waals surface area (Å²) in [6.45, 7) is 2.95. The first-order valence-corrected chi connectivity index (χ1v) is 15.8. The Morgan fingerprint density at radius 3 is 2.21 bits per heavy atom. The highest BCUT2D eigenvalue weighted by Crippen LogP contribution is 2.33. The number of ether oxygens (including phenoxy) is 1. The lowest BCUT2D eigenvalue weighted by molar-refractivity contribution is -0.192. The van der Waals surface area contributed by atoms with Gasteiger partial charge in [0.15, 0.2) is 11.4 Å². The number of carbonyl (C=O) groups excluding carboxylic acids is 1. The molecule has 0 aliphatic carbocycles. The number of sulfonamides is 1. The minimum atomic E-state index is -5.08. The number of aliphatic carboxylic acids is 2. The minimum Gasteiger partial charge on any atom is -0.479 e. The summed E-state index contributed by atoms with van der Waals surface area (Å²) in [5.74, 6) is -3.57. The molecule has 2 aromatic carbocycles. The molecular weight excluding hydrogens is 615 g/mol. The number of hydrogen-bond donors (Lipinski definition) is 3. The van der Waals surface area contributed by atoms with Crippen LogP contribution in [0.1, 0.15) is 24.4 Å². The van der Waals surface area contributed by atoms with Gasteiger partial charge in [-0.25, -0.2) is 22.8 Å². The number of rotatable bonds is 8. The molecular formula is C27H30F3N3O8S2. The second kappa shape index (κ2) is 13.5. The van der Waals surface area contributed by atoms with Crippen LogP contribution in [-0.2, 0) is 29.1 Å². The van der Waals surface area contributed by atoms with Crippen LogP contribution in [0.5, 0.6) is 0 Å². The molecule has 0 aromatic heterocycles. The lowest BCUT2D eigenvalue weighted by Crippen LogP contribution is -2.52. The van der Waals surface area contributed by atoms with Gasteiger partial charge in [-0.1, -0.05) is 36.4 Å². The summed E-state index contributed by atoms with van der Waals surface area (Å²) in [6, 6.07) is 14.5. The van der Waals surface area contributed by atoms with E-state index in [1.807, 2.05) is 30.3 Å². The lowest BCUT2D eigenvalue weighted by Gasteiger charge is -2.44. The average molecular weight is 646 g/mol. The van der Waals surface area contributed by atoms with E-state index in [4.69, 9.17) is 14.6 Å². The summed E-state index contributed by atoms with van der Waals surface area (Å²) in [7, 11) is -4.03. The van der Waals surface area contributed by atoms with Gasteiger partial charge in [0, 0.05) is 24.5 Å². The van der Waals surface area contributed by atoms with E-state index in [2.05, 4.69) is 10.2 Å². The molecule has 3 atom stereocenters. The second-order valence-corrected chi connectivity index (χ2v) is 13.2. The van der Waals surface area contributed by atoms with Gasteiger partial charge in [-0.2, -0.15) is 17.5 Å². The summed E-state index contributed by atoms with van der Waals surface area (Å²) < 4.78 is 65.2. The van der Waals surface area contributed by atoms with Crippen molar-refractivity contribution in [1.29, 1.82) is 0 Å². The van der Waals surface area contributed by atoms with Gasteiger partial charge in [-0.3, -0.25) is 4.90 Å². The van der Waals surface area contributed by atoms with Crippen LogP contribution in [0.15, 0.2) is 59.5 Å². The Morgan fingerprint density at radius 1 is 1.00 bits per heavy atom. The molecule has 4 heterocycles. The van der Waals surface area contributed by atoms with Crippen LogP contribution in [0.4, 0.5) is 18.9 Å². The molecule has 11 nitrogen and oxygen atoms in total. The molecule has 0 saturated carbocycles. The molecule has 4 aliphatic rings. The third-order valence-corrected chi connectivity index (χ3v) is 10.5. The molecule has 43 heavy (non-hydrogen) atoms. The zero-order valence-corrected chi connectivity index (χ0v) is 24.3. The van der Waals surface area contributed by atoms with Crippen LogP contribution in [0.2, 0.25) is 0 Å². The molecule has 3 N–H and O–H groups in total. The molecule has 0 spiro atoms. The van der Waals surface area contributed by atoms with E-state index in [1.165, 1.54) is 12.1 Å². The maximum absolute atomic E-state index is 13.4. The van der Waals surface area contributed by atoms with Gasteiger partial charge in [0.2, 0.25) is 10.0 Å². The number of alkyl halides is 3. The van der Waals surface area contributed by atoms with Crippen LogP contribution in [-0.4, -0.2) is 95.3 Å². The fourth-order valence-corrected chi connectivity index (χ4v) is 8.18. The Hall–Kier alpha value is -3.34. The highest BCUT2D eigenvalue weighted by Gasteiger charge is 2.41. The number of thioether (sulfide) groups is 1. The fraction of sp³-hybridized carbons (Fsp3) is 0.444. The number of halogens is 3. The maximum atomic E-state index is 13.4. The van der Waals surface area contributed by atoms with Gasteiger partial charge < -0.3 is 20.3 Å². The number of carboxylic acid groups (broad SMARTS) is 2. The van der Waals surface area contributed by atoms with E-state index in [1.54, 1.807) is 12.1 Å². The summed E-state index contributed by atoms with van der Waals surface area (Å²) in [4.78, 5) is 36.1. The van der Waals surface area contributed by atoms with Gasteiger partial charge in [0.05, 0.1) is 4.90 Å². The number of benzene rings is 2. The summed E-state index contributed by atoms with van der Waals surface area (Å²) in [5, 5.41) is 18.6. The number of piperidine rings is 3. The van der Waals surface area contributed by atoms with Crippen LogP contribution in [0.3, 0.4) is 0 Å². The van der Waals surface area contributed by atoms with Crippen LogP contribution >= 0.6 is 11.8 Å². The Labute approximate surface area is 250 Å². The van der Waals surface area contributed by atoms with Crippen molar-refractivity contribution in [2.24, 2.45) is 5.92 Å². The highest BCUT2D eigenvalue weighted by atomic mass is 32.2. The molecule has 2 bridgehead atoms. The minimum absolute atomic E-state index is 0.0289. The van der Waals surface area contributed by atoms with Crippen molar-refractivity contribution in [3.8, 4) is 0 Å². The van der Waals surface area contributed by atoms with Crippen molar-refractivity contribution >= 4 is 45.4 Å². The van der Waals surface area contributed by atoms with Crippen molar-refractivity contribution in [1.82, 2.24) is 9.21 Å².